The minimum atomic E-state index is 0.0351. The Labute approximate surface area is 126 Å². The summed E-state index contributed by atoms with van der Waals surface area (Å²) in [5.41, 5.74) is 0.0750. The lowest BCUT2D eigenvalue weighted by Gasteiger charge is -2.34. The van der Waals surface area contributed by atoms with Crippen LogP contribution < -0.4 is 5.32 Å². The minimum Gasteiger partial charge on any atom is -0.370 e. The van der Waals surface area contributed by atoms with Crippen LogP contribution in [0.15, 0.2) is 4.52 Å². The molecular weight excluding hydrogens is 266 g/mol. The van der Waals surface area contributed by atoms with E-state index in [0.29, 0.717) is 12.5 Å². The largest absolute Gasteiger partial charge is 0.370 e. The maximum atomic E-state index is 5.85. The predicted molar refractivity (Wildman–Crippen MR) is 80.1 cm³/mol. The molecule has 0 spiro atoms. The molecule has 1 saturated carbocycles. The standard InChI is InChI=1S/C16H27N3O2/c1-3-7-16(8-10-17-11-9-16)15-18-14(19-21-15)13(20-4-2)12-5-6-12/h12-13,17H,3-11H2,1-2H3. The summed E-state index contributed by atoms with van der Waals surface area (Å²) >= 11 is 0. The molecule has 2 aliphatic rings. The molecule has 1 N–H and O–H groups in total. The van der Waals surface area contributed by atoms with Crippen LogP contribution in [-0.4, -0.2) is 29.8 Å². The summed E-state index contributed by atoms with van der Waals surface area (Å²) in [6.45, 7) is 7.04. The van der Waals surface area contributed by atoms with Crippen LogP contribution >= 0.6 is 0 Å². The number of nitrogens with zero attached hydrogens (tertiary/aromatic N) is 2. The minimum absolute atomic E-state index is 0.0351. The smallest absolute Gasteiger partial charge is 0.233 e. The maximum absolute atomic E-state index is 5.85. The van der Waals surface area contributed by atoms with Crippen molar-refractivity contribution < 1.29 is 9.26 Å². The van der Waals surface area contributed by atoms with Crippen molar-refractivity contribution in [2.45, 2.75) is 63.9 Å². The number of hydrogen-bond acceptors (Lipinski definition) is 5. The van der Waals surface area contributed by atoms with E-state index in [9.17, 15) is 0 Å². The van der Waals surface area contributed by atoms with Crippen LogP contribution in [0.2, 0.25) is 0 Å². The Bertz CT molecular complexity index is 445. The third kappa shape index (κ3) is 3.14. The normalized spacial score (nSPS) is 23.1. The lowest BCUT2D eigenvalue weighted by Crippen LogP contribution is -2.40. The van der Waals surface area contributed by atoms with Crippen LogP contribution in [0.3, 0.4) is 0 Å². The second-order valence-corrected chi connectivity index (χ2v) is 6.45. The van der Waals surface area contributed by atoms with Gasteiger partial charge >= 0.3 is 0 Å². The third-order valence-corrected chi connectivity index (χ3v) is 4.84. The topological polar surface area (TPSA) is 60.2 Å². The van der Waals surface area contributed by atoms with E-state index in [1.165, 1.54) is 12.8 Å². The van der Waals surface area contributed by atoms with Gasteiger partial charge in [0.25, 0.3) is 0 Å². The molecule has 1 aliphatic carbocycles. The van der Waals surface area contributed by atoms with Crippen LogP contribution in [0.5, 0.6) is 0 Å². The fourth-order valence-corrected chi connectivity index (χ4v) is 3.52. The Morgan fingerprint density at radius 1 is 1.33 bits per heavy atom. The molecular formula is C16H27N3O2. The van der Waals surface area contributed by atoms with Gasteiger partial charge < -0.3 is 14.6 Å². The molecule has 0 bridgehead atoms. The van der Waals surface area contributed by atoms with Crippen LogP contribution in [0.4, 0.5) is 0 Å². The van der Waals surface area contributed by atoms with Crippen LogP contribution in [0.1, 0.15) is 70.2 Å². The number of ether oxygens (including phenoxy) is 1. The van der Waals surface area contributed by atoms with Crippen LogP contribution in [-0.2, 0) is 10.2 Å². The van der Waals surface area contributed by atoms with E-state index in [1.807, 2.05) is 6.92 Å². The van der Waals surface area contributed by atoms with Crippen molar-refractivity contribution in [3.8, 4) is 0 Å². The lowest BCUT2D eigenvalue weighted by atomic mass is 9.75. The summed E-state index contributed by atoms with van der Waals surface area (Å²) in [7, 11) is 0. The predicted octanol–water partition coefficient (Wildman–Crippen LogP) is 2.98. The summed E-state index contributed by atoms with van der Waals surface area (Å²) in [6, 6.07) is 0. The molecule has 2 fully saturated rings. The van der Waals surface area contributed by atoms with Crippen molar-refractivity contribution >= 4 is 0 Å². The van der Waals surface area contributed by atoms with E-state index >= 15 is 0 Å². The molecule has 1 aromatic rings. The second kappa shape index (κ2) is 6.44. The highest BCUT2D eigenvalue weighted by Crippen LogP contribution is 2.43. The molecule has 1 atom stereocenters. The summed E-state index contributed by atoms with van der Waals surface area (Å²) in [5.74, 6) is 2.19. The van der Waals surface area contributed by atoms with Gasteiger partial charge in [-0.1, -0.05) is 18.5 Å². The first-order chi connectivity index (χ1) is 10.3. The number of hydrogen-bond donors (Lipinski definition) is 1. The van der Waals surface area contributed by atoms with Crippen molar-refractivity contribution in [2.24, 2.45) is 5.92 Å². The van der Waals surface area contributed by atoms with Crippen molar-refractivity contribution in [3.63, 3.8) is 0 Å². The zero-order chi connectivity index (χ0) is 14.7. The number of nitrogens with one attached hydrogen (secondary N) is 1. The Morgan fingerprint density at radius 2 is 2.10 bits per heavy atom. The van der Waals surface area contributed by atoms with E-state index in [-0.39, 0.29) is 11.5 Å². The first-order valence-corrected chi connectivity index (χ1v) is 8.45. The zero-order valence-electron chi connectivity index (χ0n) is 13.2. The van der Waals surface area contributed by atoms with Crippen molar-refractivity contribution in [3.05, 3.63) is 11.7 Å². The third-order valence-electron chi connectivity index (χ3n) is 4.84. The monoisotopic (exact) mass is 293 g/mol. The highest BCUT2D eigenvalue weighted by molar-refractivity contribution is 5.09. The van der Waals surface area contributed by atoms with Crippen molar-refractivity contribution in [2.75, 3.05) is 19.7 Å². The van der Waals surface area contributed by atoms with Gasteiger partial charge in [-0.25, -0.2) is 0 Å². The van der Waals surface area contributed by atoms with Gasteiger partial charge in [0.1, 0.15) is 6.10 Å². The Kier molecular flexibility index (Phi) is 4.60. The van der Waals surface area contributed by atoms with E-state index in [2.05, 4.69) is 17.4 Å². The molecule has 0 radical (unpaired) electrons. The molecule has 1 aromatic heterocycles. The quantitative estimate of drug-likeness (QED) is 0.837. The molecule has 1 saturated heterocycles. The van der Waals surface area contributed by atoms with Crippen LogP contribution in [0, 0.1) is 5.92 Å². The van der Waals surface area contributed by atoms with Crippen molar-refractivity contribution in [1.82, 2.24) is 15.5 Å². The molecule has 0 amide bonds. The average molecular weight is 293 g/mol. The summed E-state index contributed by atoms with van der Waals surface area (Å²) in [5, 5.41) is 7.70. The highest BCUT2D eigenvalue weighted by Gasteiger charge is 2.41. The lowest BCUT2D eigenvalue weighted by molar-refractivity contribution is 0.0384. The van der Waals surface area contributed by atoms with Gasteiger partial charge in [0.2, 0.25) is 11.7 Å². The Balaban J connectivity index is 1.81. The Morgan fingerprint density at radius 3 is 2.71 bits per heavy atom. The van der Waals surface area contributed by atoms with E-state index < -0.39 is 0 Å². The van der Waals surface area contributed by atoms with Gasteiger partial charge in [0.05, 0.1) is 5.41 Å². The molecule has 1 unspecified atom stereocenters. The van der Waals surface area contributed by atoms with Gasteiger partial charge in [-0.2, -0.15) is 4.98 Å². The fraction of sp³-hybridized carbons (Fsp3) is 0.875. The molecule has 118 valence electrons. The summed E-state index contributed by atoms with van der Waals surface area (Å²) in [4.78, 5) is 4.77. The molecule has 5 heteroatoms. The number of rotatable bonds is 7. The van der Waals surface area contributed by atoms with E-state index in [4.69, 9.17) is 14.2 Å². The first kappa shape index (κ1) is 15.0. The summed E-state index contributed by atoms with van der Waals surface area (Å²) in [6.07, 6.45) is 6.93. The molecule has 0 aromatic carbocycles. The van der Waals surface area contributed by atoms with Crippen molar-refractivity contribution in [1.29, 1.82) is 0 Å². The number of aromatic nitrogens is 2. The van der Waals surface area contributed by atoms with Crippen LogP contribution in [0.25, 0.3) is 0 Å². The van der Waals surface area contributed by atoms with Gasteiger partial charge in [0.15, 0.2) is 0 Å². The maximum Gasteiger partial charge on any atom is 0.233 e. The van der Waals surface area contributed by atoms with Gasteiger partial charge in [-0.3, -0.25) is 0 Å². The SMILES string of the molecule is CCCC1(c2nc(C(OCC)C3CC3)no2)CCNCC1. The van der Waals surface area contributed by atoms with E-state index in [1.54, 1.807) is 0 Å². The molecule has 5 nitrogen and oxygen atoms in total. The molecule has 2 heterocycles. The Hall–Kier alpha value is -0.940. The number of piperidine rings is 1. The second-order valence-electron chi connectivity index (χ2n) is 6.45. The summed E-state index contributed by atoms with van der Waals surface area (Å²) < 4.78 is 11.5. The van der Waals surface area contributed by atoms with Gasteiger partial charge in [0, 0.05) is 6.61 Å². The van der Waals surface area contributed by atoms with Gasteiger partial charge in [-0.05, 0) is 58.0 Å². The first-order valence-electron chi connectivity index (χ1n) is 8.45. The molecule has 1 aliphatic heterocycles. The zero-order valence-corrected chi connectivity index (χ0v) is 13.2. The molecule has 21 heavy (non-hydrogen) atoms. The highest BCUT2D eigenvalue weighted by atomic mass is 16.5. The molecule has 3 rings (SSSR count). The van der Waals surface area contributed by atoms with E-state index in [0.717, 1.165) is 50.5 Å². The average Bonchev–Trinajstić information content (AvgIpc) is 3.22. The van der Waals surface area contributed by atoms with Gasteiger partial charge in [-0.15, -0.1) is 0 Å². The fourth-order valence-electron chi connectivity index (χ4n) is 3.52.